The predicted octanol–water partition coefficient (Wildman–Crippen LogP) is 2.62. The van der Waals surface area contributed by atoms with Crippen molar-refractivity contribution in [2.75, 3.05) is 5.43 Å². The van der Waals surface area contributed by atoms with Gasteiger partial charge in [-0.05, 0) is 36.9 Å². The molecule has 2 heterocycles. The molecule has 1 unspecified atom stereocenters. The van der Waals surface area contributed by atoms with Crippen LogP contribution in [0.2, 0.25) is 0 Å². The van der Waals surface area contributed by atoms with E-state index in [2.05, 4.69) is 22.7 Å². The fourth-order valence-electron chi connectivity index (χ4n) is 1.98. The summed E-state index contributed by atoms with van der Waals surface area (Å²) >= 11 is 1.64. The van der Waals surface area contributed by atoms with Crippen molar-refractivity contribution in [1.82, 2.24) is 10.3 Å². The largest absolute Gasteiger partial charge is 0.344 e. The van der Waals surface area contributed by atoms with E-state index in [-0.39, 0.29) is 11.9 Å². The molecule has 5 nitrogen and oxygen atoms in total. The Hall–Kier alpha value is -1.92. The summed E-state index contributed by atoms with van der Waals surface area (Å²) < 4.78 is 0. The van der Waals surface area contributed by atoms with Crippen LogP contribution in [0.3, 0.4) is 0 Å². The minimum absolute atomic E-state index is 0.0326. The Kier molecular flexibility index (Phi) is 4.70. The lowest BCUT2D eigenvalue weighted by molar-refractivity contribution is 0.0936. The summed E-state index contributed by atoms with van der Waals surface area (Å²) in [5, 5.41) is 5.05. The van der Waals surface area contributed by atoms with Gasteiger partial charge in [0.2, 0.25) is 0 Å². The van der Waals surface area contributed by atoms with Gasteiger partial charge in [0.15, 0.2) is 0 Å². The smallest absolute Gasteiger partial charge is 0.251 e. The Morgan fingerprint density at radius 2 is 2.30 bits per heavy atom. The number of carbonyl (C=O) groups excluding carboxylic acids is 1. The number of nitrogens with one attached hydrogen (secondary N) is 2. The fourth-order valence-corrected chi connectivity index (χ4v) is 2.84. The number of hydrazine groups is 1. The first-order valence-corrected chi connectivity index (χ1v) is 7.31. The van der Waals surface area contributed by atoms with Crippen LogP contribution in [0.5, 0.6) is 0 Å². The number of pyridine rings is 1. The molecule has 4 N–H and O–H groups in total. The maximum atomic E-state index is 12.3. The first kappa shape index (κ1) is 14.5. The van der Waals surface area contributed by atoms with Crippen LogP contribution in [0.1, 0.15) is 40.3 Å². The summed E-state index contributed by atoms with van der Waals surface area (Å²) in [4.78, 5) is 17.7. The van der Waals surface area contributed by atoms with Gasteiger partial charge in [-0.25, -0.2) is 10.8 Å². The molecule has 106 valence electrons. The van der Waals surface area contributed by atoms with Crippen molar-refractivity contribution in [1.29, 1.82) is 0 Å². The van der Waals surface area contributed by atoms with E-state index in [1.807, 2.05) is 24.4 Å². The van der Waals surface area contributed by atoms with Gasteiger partial charge < -0.3 is 10.7 Å². The zero-order valence-corrected chi connectivity index (χ0v) is 12.3. The van der Waals surface area contributed by atoms with Crippen LogP contribution in [0.15, 0.2) is 29.6 Å². The molecule has 0 fully saturated rings. The lowest BCUT2D eigenvalue weighted by atomic mass is 10.1. The summed E-state index contributed by atoms with van der Waals surface area (Å²) in [6.07, 6.45) is 0.846. The SMILES string of the molecule is CCC(NC(=O)c1cc(C)nc(NN)c1)c1cccs1. The van der Waals surface area contributed by atoms with Crippen LogP contribution in [-0.4, -0.2) is 10.9 Å². The quantitative estimate of drug-likeness (QED) is 0.584. The summed E-state index contributed by atoms with van der Waals surface area (Å²) in [5.41, 5.74) is 3.77. The lowest BCUT2D eigenvalue weighted by Crippen LogP contribution is -2.28. The van der Waals surface area contributed by atoms with Gasteiger partial charge in [-0.1, -0.05) is 13.0 Å². The number of hydrogen-bond donors (Lipinski definition) is 3. The Labute approximate surface area is 122 Å². The number of rotatable bonds is 5. The number of thiophene rings is 1. The molecular formula is C14H18N4OS. The van der Waals surface area contributed by atoms with Gasteiger partial charge in [-0.15, -0.1) is 11.3 Å². The Morgan fingerprint density at radius 1 is 1.50 bits per heavy atom. The van der Waals surface area contributed by atoms with Crippen LogP contribution in [0, 0.1) is 6.92 Å². The summed E-state index contributed by atoms with van der Waals surface area (Å²) in [7, 11) is 0. The standard InChI is InChI=1S/C14H18N4OS/c1-3-11(12-5-4-6-20-12)17-14(19)10-7-9(2)16-13(8-10)18-15/h4-8,11H,3,15H2,1-2H3,(H,16,18)(H,17,19). The molecule has 0 aromatic carbocycles. The topological polar surface area (TPSA) is 80.0 Å². The molecule has 0 bridgehead atoms. The number of anilines is 1. The van der Waals surface area contributed by atoms with Gasteiger partial charge in [0, 0.05) is 16.1 Å². The second kappa shape index (κ2) is 6.49. The lowest BCUT2D eigenvalue weighted by Gasteiger charge is -2.16. The van der Waals surface area contributed by atoms with E-state index in [1.54, 1.807) is 23.5 Å². The number of nitrogens with zero attached hydrogens (tertiary/aromatic N) is 1. The van der Waals surface area contributed by atoms with Crippen molar-refractivity contribution in [2.24, 2.45) is 5.84 Å². The molecule has 2 rings (SSSR count). The Bertz CT molecular complexity index is 583. The van der Waals surface area contributed by atoms with Gasteiger partial charge in [0.25, 0.3) is 5.91 Å². The first-order chi connectivity index (χ1) is 9.63. The second-order valence-corrected chi connectivity index (χ2v) is 5.46. The molecule has 2 aromatic rings. The molecule has 2 aromatic heterocycles. The molecule has 0 spiro atoms. The van der Waals surface area contributed by atoms with E-state index in [9.17, 15) is 4.79 Å². The highest BCUT2D eigenvalue weighted by molar-refractivity contribution is 7.10. The zero-order valence-electron chi connectivity index (χ0n) is 11.5. The highest BCUT2D eigenvalue weighted by Crippen LogP contribution is 2.22. The molecule has 0 saturated heterocycles. The Balaban J connectivity index is 2.17. The van der Waals surface area contributed by atoms with Crippen LogP contribution < -0.4 is 16.6 Å². The first-order valence-electron chi connectivity index (χ1n) is 6.43. The highest BCUT2D eigenvalue weighted by Gasteiger charge is 2.15. The van der Waals surface area contributed by atoms with Crippen molar-refractivity contribution in [3.8, 4) is 0 Å². The summed E-state index contributed by atoms with van der Waals surface area (Å²) in [6.45, 7) is 3.88. The molecule has 1 amide bonds. The van der Waals surface area contributed by atoms with E-state index in [0.717, 1.165) is 17.0 Å². The van der Waals surface area contributed by atoms with Gasteiger partial charge >= 0.3 is 0 Å². The highest BCUT2D eigenvalue weighted by atomic mass is 32.1. The summed E-state index contributed by atoms with van der Waals surface area (Å²) in [6, 6.07) is 7.44. The molecule has 0 aliphatic heterocycles. The molecule has 0 aliphatic rings. The van der Waals surface area contributed by atoms with Crippen LogP contribution in [0.25, 0.3) is 0 Å². The number of nitrogen functional groups attached to an aromatic ring is 1. The number of carbonyl (C=O) groups is 1. The maximum absolute atomic E-state index is 12.3. The normalized spacial score (nSPS) is 11.9. The van der Waals surface area contributed by atoms with Crippen LogP contribution in [0.4, 0.5) is 5.82 Å². The van der Waals surface area contributed by atoms with Gasteiger partial charge in [0.1, 0.15) is 5.82 Å². The van der Waals surface area contributed by atoms with Crippen LogP contribution >= 0.6 is 11.3 Å². The van der Waals surface area contributed by atoms with Gasteiger partial charge in [0.05, 0.1) is 6.04 Å². The second-order valence-electron chi connectivity index (χ2n) is 4.48. The molecule has 1 atom stereocenters. The molecule has 6 heteroatoms. The molecular weight excluding hydrogens is 272 g/mol. The van der Waals surface area contributed by atoms with E-state index < -0.39 is 0 Å². The third kappa shape index (κ3) is 3.34. The van der Waals surface area contributed by atoms with Crippen molar-refractivity contribution < 1.29 is 4.79 Å². The number of nitrogens with two attached hydrogens (primary N) is 1. The minimum atomic E-state index is -0.118. The average molecular weight is 290 g/mol. The van der Waals surface area contributed by atoms with Gasteiger partial charge in [-0.3, -0.25) is 4.79 Å². The van der Waals surface area contributed by atoms with Gasteiger partial charge in [-0.2, -0.15) is 0 Å². The van der Waals surface area contributed by atoms with E-state index in [4.69, 9.17) is 5.84 Å². The average Bonchev–Trinajstić information content (AvgIpc) is 2.97. The zero-order chi connectivity index (χ0) is 14.5. The molecule has 0 radical (unpaired) electrons. The van der Waals surface area contributed by atoms with E-state index in [0.29, 0.717) is 11.4 Å². The van der Waals surface area contributed by atoms with Crippen molar-refractivity contribution >= 4 is 23.1 Å². The minimum Gasteiger partial charge on any atom is -0.344 e. The monoisotopic (exact) mass is 290 g/mol. The van der Waals surface area contributed by atoms with Crippen molar-refractivity contribution in [3.63, 3.8) is 0 Å². The van der Waals surface area contributed by atoms with E-state index in [1.165, 1.54) is 0 Å². The summed E-state index contributed by atoms with van der Waals surface area (Å²) in [5.74, 6) is 5.72. The fraction of sp³-hybridized carbons (Fsp3) is 0.286. The number of aryl methyl sites for hydroxylation is 1. The van der Waals surface area contributed by atoms with E-state index >= 15 is 0 Å². The Morgan fingerprint density at radius 3 is 2.90 bits per heavy atom. The molecule has 0 saturated carbocycles. The molecule has 0 aliphatic carbocycles. The third-order valence-electron chi connectivity index (χ3n) is 2.96. The number of amides is 1. The van der Waals surface area contributed by atoms with Crippen molar-refractivity contribution in [2.45, 2.75) is 26.3 Å². The van der Waals surface area contributed by atoms with Crippen molar-refractivity contribution in [3.05, 3.63) is 45.8 Å². The third-order valence-corrected chi connectivity index (χ3v) is 3.95. The van der Waals surface area contributed by atoms with Crippen LogP contribution in [-0.2, 0) is 0 Å². The molecule has 20 heavy (non-hydrogen) atoms. The predicted molar refractivity (Wildman–Crippen MR) is 81.6 cm³/mol. The number of hydrogen-bond acceptors (Lipinski definition) is 5. The maximum Gasteiger partial charge on any atom is 0.251 e. The number of aromatic nitrogens is 1.